The third-order valence-electron chi connectivity index (χ3n) is 10.5. The summed E-state index contributed by atoms with van der Waals surface area (Å²) in [7, 11) is 0. The topological polar surface area (TPSA) is 3.24 Å². The number of hydrogen-bond donors (Lipinski definition) is 0. The van der Waals surface area contributed by atoms with Crippen LogP contribution >= 0.6 is 11.3 Å². The van der Waals surface area contributed by atoms with E-state index < -0.39 is 0 Å². The van der Waals surface area contributed by atoms with Gasteiger partial charge in [0.1, 0.15) is 0 Å². The van der Waals surface area contributed by atoms with Crippen molar-refractivity contribution in [1.82, 2.24) is 0 Å². The molecule has 1 nitrogen and oxygen atoms in total. The van der Waals surface area contributed by atoms with Gasteiger partial charge in [-0.05, 0) is 87.0 Å². The quantitative estimate of drug-likeness (QED) is 0.160. The van der Waals surface area contributed by atoms with E-state index >= 15 is 0 Å². The fraction of sp³-hybridized carbons (Fsp3) is 0. The van der Waals surface area contributed by atoms with E-state index in [1.165, 1.54) is 75.5 Å². The molecule has 10 aromatic rings. The van der Waals surface area contributed by atoms with Crippen LogP contribution in [0.3, 0.4) is 0 Å². The minimum absolute atomic E-state index is 1.11. The lowest BCUT2D eigenvalue weighted by atomic mass is 9.98. The van der Waals surface area contributed by atoms with Gasteiger partial charge >= 0.3 is 0 Å². The highest BCUT2D eigenvalue weighted by Gasteiger charge is 2.20. The SMILES string of the molecule is c1ccc(-c2ccc(-c3ccc(N(c4cccc(-c5ccccc5)c4)c4cc5c6cc(-c7ccccc7)ccc6sc5c5ccccc45)cc3)cc2)cc1. The van der Waals surface area contributed by atoms with Gasteiger partial charge in [0.15, 0.2) is 0 Å². The van der Waals surface area contributed by atoms with Crippen molar-refractivity contribution in [2.24, 2.45) is 0 Å². The Morgan fingerprint density at radius 2 is 0.741 bits per heavy atom. The molecule has 0 saturated carbocycles. The van der Waals surface area contributed by atoms with Crippen LogP contribution in [0.2, 0.25) is 0 Å². The summed E-state index contributed by atoms with van der Waals surface area (Å²) in [5, 5.41) is 5.06. The number of anilines is 3. The van der Waals surface area contributed by atoms with Crippen LogP contribution in [0, 0.1) is 0 Å². The van der Waals surface area contributed by atoms with Crippen molar-refractivity contribution in [2.75, 3.05) is 4.90 Å². The molecule has 0 unspecified atom stereocenters. The van der Waals surface area contributed by atoms with E-state index in [0.29, 0.717) is 0 Å². The lowest BCUT2D eigenvalue weighted by Crippen LogP contribution is -2.10. The highest BCUT2D eigenvalue weighted by molar-refractivity contribution is 7.26. The number of rotatable bonds is 7. The van der Waals surface area contributed by atoms with Crippen LogP contribution < -0.4 is 4.90 Å². The number of fused-ring (bicyclic) bond motifs is 5. The Morgan fingerprint density at radius 1 is 0.278 bits per heavy atom. The first-order valence-electron chi connectivity index (χ1n) is 18.4. The van der Waals surface area contributed by atoms with Crippen LogP contribution in [0.5, 0.6) is 0 Å². The van der Waals surface area contributed by atoms with Gasteiger partial charge < -0.3 is 4.90 Å². The summed E-state index contributed by atoms with van der Waals surface area (Å²) in [5.74, 6) is 0. The largest absolute Gasteiger partial charge is 0.310 e. The van der Waals surface area contributed by atoms with Gasteiger partial charge in [0.25, 0.3) is 0 Å². The second-order valence-electron chi connectivity index (χ2n) is 13.7. The predicted octanol–water partition coefficient (Wildman–Crippen LogP) is 15.3. The molecule has 0 atom stereocenters. The Bertz CT molecular complexity index is 2890. The molecule has 0 amide bonds. The molecule has 1 aromatic heterocycles. The van der Waals surface area contributed by atoms with Crippen molar-refractivity contribution in [3.8, 4) is 44.5 Å². The molecule has 0 bridgehead atoms. The van der Waals surface area contributed by atoms with Gasteiger partial charge in [0, 0.05) is 42.3 Å². The second kappa shape index (κ2) is 13.7. The van der Waals surface area contributed by atoms with Crippen molar-refractivity contribution >= 4 is 59.3 Å². The van der Waals surface area contributed by atoms with Gasteiger partial charge in [0.05, 0.1) is 5.69 Å². The molecule has 0 fully saturated rings. The Hall–Kier alpha value is -6.74. The molecule has 0 aliphatic carbocycles. The summed E-state index contributed by atoms with van der Waals surface area (Å²) in [5.41, 5.74) is 13.1. The van der Waals surface area contributed by atoms with Crippen LogP contribution in [0.1, 0.15) is 0 Å². The Morgan fingerprint density at radius 3 is 1.35 bits per heavy atom. The summed E-state index contributed by atoms with van der Waals surface area (Å²) in [6.45, 7) is 0. The van der Waals surface area contributed by atoms with Crippen LogP contribution in [0.25, 0.3) is 75.5 Å². The predicted molar refractivity (Wildman–Crippen MR) is 233 cm³/mol. The van der Waals surface area contributed by atoms with Gasteiger partial charge in [-0.2, -0.15) is 0 Å². The average molecular weight is 706 g/mol. The minimum atomic E-state index is 1.11. The van der Waals surface area contributed by atoms with E-state index in [-0.39, 0.29) is 0 Å². The van der Waals surface area contributed by atoms with Gasteiger partial charge in [-0.15, -0.1) is 11.3 Å². The van der Waals surface area contributed by atoms with Crippen molar-refractivity contribution in [2.45, 2.75) is 0 Å². The highest BCUT2D eigenvalue weighted by Crippen LogP contribution is 2.47. The number of thiophene rings is 1. The fourth-order valence-corrected chi connectivity index (χ4v) is 8.95. The highest BCUT2D eigenvalue weighted by atomic mass is 32.1. The first-order valence-corrected chi connectivity index (χ1v) is 19.2. The van der Waals surface area contributed by atoms with Gasteiger partial charge in [-0.3, -0.25) is 0 Å². The van der Waals surface area contributed by atoms with Crippen molar-refractivity contribution in [1.29, 1.82) is 0 Å². The molecular weight excluding hydrogens is 671 g/mol. The number of hydrogen-bond acceptors (Lipinski definition) is 2. The normalized spacial score (nSPS) is 11.3. The summed E-state index contributed by atoms with van der Waals surface area (Å²) in [4.78, 5) is 2.45. The smallest absolute Gasteiger partial charge is 0.0547 e. The zero-order valence-corrected chi connectivity index (χ0v) is 30.4. The van der Waals surface area contributed by atoms with E-state index in [4.69, 9.17) is 0 Å². The van der Waals surface area contributed by atoms with E-state index in [0.717, 1.165) is 17.1 Å². The third-order valence-corrected chi connectivity index (χ3v) is 11.7. The maximum absolute atomic E-state index is 2.45. The monoisotopic (exact) mass is 705 g/mol. The summed E-state index contributed by atoms with van der Waals surface area (Å²) in [6, 6.07) is 77.1. The first kappa shape index (κ1) is 32.0. The standard InChI is InChI=1S/C52H35NS/c1-4-13-36(14-5-1)39-23-25-40(26-24-39)41-27-30-44(31-28-41)53(45-20-12-19-42(33-45)37-15-6-2-7-16-37)50-35-49-48-34-43(38-17-8-3-9-18-38)29-32-51(48)54-52(49)47-22-11-10-21-46(47)50/h1-35H. The fourth-order valence-electron chi connectivity index (χ4n) is 7.75. The van der Waals surface area contributed by atoms with E-state index in [2.05, 4.69) is 217 Å². The maximum Gasteiger partial charge on any atom is 0.0547 e. The Labute approximate surface area is 319 Å². The molecule has 9 aromatic carbocycles. The molecule has 0 radical (unpaired) electrons. The van der Waals surface area contributed by atoms with E-state index in [1.807, 2.05) is 11.3 Å². The van der Waals surface area contributed by atoms with Crippen molar-refractivity contribution in [3.05, 3.63) is 212 Å². The van der Waals surface area contributed by atoms with Crippen LogP contribution in [0.15, 0.2) is 212 Å². The summed E-state index contributed by atoms with van der Waals surface area (Å²) >= 11 is 1.89. The van der Waals surface area contributed by atoms with Gasteiger partial charge in [0.2, 0.25) is 0 Å². The van der Waals surface area contributed by atoms with Crippen LogP contribution in [-0.2, 0) is 0 Å². The molecule has 54 heavy (non-hydrogen) atoms. The molecule has 0 aliphatic heterocycles. The average Bonchev–Trinajstić information content (AvgIpc) is 3.63. The third kappa shape index (κ3) is 5.84. The molecule has 0 N–H and O–H groups in total. The zero-order chi connectivity index (χ0) is 35.8. The van der Waals surface area contributed by atoms with E-state index in [1.54, 1.807) is 0 Å². The molecule has 0 saturated heterocycles. The van der Waals surface area contributed by atoms with Crippen molar-refractivity contribution in [3.63, 3.8) is 0 Å². The molecule has 254 valence electrons. The van der Waals surface area contributed by atoms with E-state index in [9.17, 15) is 0 Å². The molecule has 10 rings (SSSR count). The summed E-state index contributed by atoms with van der Waals surface area (Å²) in [6.07, 6.45) is 0. The second-order valence-corrected chi connectivity index (χ2v) is 14.8. The van der Waals surface area contributed by atoms with Crippen molar-refractivity contribution < 1.29 is 0 Å². The first-order chi connectivity index (χ1) is 26.8. The van der Waals surface area contributed by atoms with Gasteiger partial charge in [-0.1, -0.05) is 170 Å². The molecule has 2 heteroatoms. The maximum atomic E-state index is 2.45. The lowest BCUT2D eigenvalue weighted by molar-refractivity contribution is 1.30. The Balaban J connectivity index is 1.15. The Kier molecular flexibility index (Phi) is 8.09. The lowest BCUT2D eigenvalue weighted by Gasteiger charge is -2.28. The van der Waals surface area contributed by atoms with Gasteiger partial charge in [-0.25, -0.2) is 0 Å². The molecule has 0 spiro atoms. The number of benzene rings is 9. The molecule has 1 heterocycles. The molecular formula is C52H35NS. The van der Waals surface area contributed by atoms with Crippen LogP contribution in [0.4, 0.5) is 17.1 Å². The van der Waals surface area contributed by atoms with Crippen LogP contribution in [-0.4, -0.2) is 0 Å². The zero-order valence-electron chi connectivity index (χ0n) is 29.6. The summed E-state index contributed by atoms with van der Waals surface area (Å²) < 4.78 is 2.62. The number of nitrogens with zero attached hydrogens (tertiary/aromatic N) is 1. The molecule has 0 aliphatic rings. The minimum Gasteiger partial charge on any atom is -0.310 e.